The molecule has 16 heavy (non-hydrogen) atoms. The van der Waals surface area contributed by atoms with Gasteiger partial charge in [0.25, 0.3) is 0 Å². The van der Waals surface area contributed by atoms with Gasteiger partial charge in [0.1, 0.15) is 0 Å². The smallest absolute Gasteiger partial charge is 0.0847 e. The summed E-state index contributed by atoms with van der Waals surface area (Å²) in [4.78, 5) is 2.56. The number of aliphatic hydroxyl groups is 1. The molecule has 1 aromatic heterocycles. The molecule has 2 aliphatic rings. The number of aliphatic hydroxyl groups excluding tert-OH is 1. The molecule has 2 N–H and O–H groups in total. The molecule has 1 aliphatic carbocycles. The second-order valence-corrected chi connectivity index (χ2v) is 5.07. The first kappa shape index (κ1) is 10.3. The predicted molar refractivity (Wildman–Crippen MR) is 60.8 cm³/mol. The molecule has 0 radical (unpaired) electrons. The van der Waals surface area contributed by atoms with Crippen molar-refractivity contribution in [1.82, 2.24) is 15.1 Å². The molecule has 1 saturated carbocycles. The van der Waals surface area contributed by atoms with E-state index < -0.39 is 0 Å². The van der Waals surface area contributed by atoms with Gasteiger partial charge in [0.2, 0.25) is 0 Å². The van der Waals surface area contributed by atoms with E-state index in [1.807, 2.05) is 6.07 Å². The third kappa shape index (κ3) is 1.99. The van der Waals surface area contributed by atoms with Crippen LogP contribution in [-0.2, 0) is 6.61 Å². The van der Waals surface area contributed by atoms with Gasteiger partial charge in [0.05, 0.1) is 24.0 Å². The highest BCUT2D eigenvalue weighted by Gasteiger charge is 2.32. The maximum atomic E-state index is 9.03. The molecule has 3 rings (SSSR count). The highest BCUT2D eigenvalue weighted by atomic mass is 16.3. The van der Waals surface area contributed by atoms with E-state index in [1.165, 1.54) is 38.8 Å². The van der Waals surface area contributed by atoms with Crippen molar-refractivity contribution in [1.29, 1.82) is 0 Å². The lowest BCUT2D eigenvalue weighted by Crippen LogP contribution is -2.25. The fraction of sp³-hybridized carbons (Fsp3) is 0.750. The summed E-state index contributed by atoms with van der Waals surface area (Å²) in [6, 6.07) is 2.49. The van der Waals surface area contributed by atoms with Crippen LogP contribution in [0, 0.1) is 5.92 Å². The molecule has 2 fully saturated rings. The Morgan fingerprint density at radius 2 is 2.31 bits per heavy atom. The molecule has 0 unspecified atom stereocenters. The van der Waals surface area contributed by atoms with Gasteiger partial charge in [-0.05, 0) is 44.2 Å². The summed E-state index contributed by atoms with van der Waals surface area (Å²) in [7, 11) is 0. The topological polar surface area (TPSA) is 52.1 Å². The summed E-state index contributed by atoms with van der Waals surface area (Å²) in [5.41, 5.74) is 1.94. The number of H-pyrrole nitrogens is 1. The summed E-state index contributed by atoms with van der Waals surface area (Å²) in [6.07, 6.45) is 5.30. The van der Waals surface area contributed by atoms with Gasteiger partial charge in [-0.25, -0.2) is 0 Å². The van der Waals surface area contributed by atoms with E-state index in [0.717, 1.165) is 17.3 Å². The van der Waals surface area contributed by atoms with Crippen molar-refractivity contribution in [3.05, 3.63) is 17.5 Å². The van der Waals surface area contributed by atoms with E-state index in [-0.39, 0.29) is 6.61 Å². The average Bonchev–Trinajstić information content (AvgIpc) is 2.81. The molecule has 4 heteroatoms. The first-order valence-corrected chi connectivity index (χ1v) is 6.26. The molecular weight excluding hydrogens is 202 g/mol. The molecule has 0 spiro atoms. The monoisotopic (exact) mass is 221 g/mol. The normalized spacial score (nSPS) is 26.4. The van der Waals surface area contributed by atoms with Crippen molar-refractivity contribution in [3.8, 4) is 0 Å². The second-order valence-electron chi connectivity index (χ2n) is 5.07. The summed E-state index contributed by atoms with van der Waals surface area (Å²) >= 11 is 0. The first-order chi connectivity index (χ1) is 7.86. The molecule has 1 aliphatic heterocycles. The molecule has 0 bridgehead atoms. The molecule has 0 amide bonds. The molecule has 4 nitrogen and oxygen atoms in total. The maximum Gasteiger partial charge on any atom is 0.0847 e. The van der Waals surface area contributed by atoms with E-state index in [0.29, 0.717) is 6.04 Å². The van der Waals surface area contributed by atoms with Crippen LogP contribution >= 0.6 is 0 Å². The molecule has 0 aromatic carbocycles. The van der Waals surface area contributed by atoms with Crippen molar-refractivity contribution in [2.45, 2.75) is 38.3 Å². The zero-order valence-electron chi connectivity index (χ0n) is 9.52. The van der Waals surface area contributed by atoms with Crippen molar-refractivity contribution in [2.24, 2.45) is 5.92 Å². The van der Waals surface area contributed by atoms with E-state index >= 15 is 0 Å². The van der Waals surface area contributed by atoms with Gasteiger partial charge < -0.3 is 5.11 Å². The van der Waals surface area contributed by atoms with Gasteiger partial charge in [-0.1, -0.05) is 0 Å². The van der Waals surface area contributed by atoms with Crippen LogP contribution in [0.2, 0.25) is 0 Å². The third-order valence-electron chi connectivity index (χ3n) is 3.72. The number of nitrogens with zero attached hydrogens (tertiary/aromatic N) is 2. The van der Waals surface area contributed by atoms with Crippen LogP contribution in [0.5, 0.6) is 0 Å². The van der Waals surface area contributed by atoms with E-state index in [9.17, 15) is 0 Å². The molecule has 1 atom stereocenters. The molecule has 1 aromatic rings. The lowest BCUT2D eigenvalue weighted by atomic mass is 10.1. The predicted octanol–water partition coefficient (Wildman–Crippen LogP) is 1.45. The number of likely N-dealkylation sites (tertiary alicyclic amines) is 1. The Morgan fingerprint density at radius 3 is 3.00 bits per heavy atom. The number of aromatic nitrogens is 2. The lowest BCUT2D eigenvalue weighted by Gasteiger charge is -2.22. The van der Waals surface area contributed by atoms with Crippen molar-refractivity contribution < 1.29 is 5.11 Å². The SMILES string of the molecule is OCc1cc([C@H]2CCCN2CC2CC2)n[nH]1. The van der Waals surface area contributed by atoms with Crippen molar-refractivity contribution in [2.75, 3.05) is 13.1 Å². The Hall–Kier alpha value is -0.870. The minimum atomic E-state index is 0.0579. The first-order valence-electron chi connectivity index (χ1n) is 6.26. The molecular formula is C12H19N3O. The Kier molecular flexibility index (Phi) is 2.69. The van der Waals surface area contributed by atoms with E-state index in [2.05, 4.69) is 15.1 Å². The van der Waals surface area contributed by atoms with Crippen LogP contribution < -0.4 is 0 Å². The number of aromatic amines is 1. The number of hydrogen-bond acceptors (Lipinski definition) is 3. The minimum absolute atomic E-state index is 0.0579. The summed E-state index contributed by atoms with van der Waals surface area (Å²) in [5.74, 6) is 0.942. The van der Waals surface area contributed by atoms with Gasteiger partial charge in [0, 0.05) is 6.54 Å². The average molecular weight is 221 g/mol. The Labute approximate surface area is 95.7 Å². The van der Waals surface area contributed by atoms with Crippen LogP contribution in [0.15, 0.2) is 6.07 Å². The van der Waals surface area contributed by atoms with E-state index in [4.69, 9.17) is 5.11 Å². The summed E-state index contributed by atoms with van der Waals surface area (Å²) in [5, 5.41) is 16.2. The van der Waals surface area contributed by atoms with E-state index in [1.54, 1.807) is 0 Å². The fourth-order valence-electron chi connectivity index (χ4n) is 2.64. The van der Waals surface area contributed by atoms with Crippen LogP contribution in [0.3, 0.4) is 0 Å². The number of hydrogen-bond donors (Lipinski definition) is 2. The van der Waals surface area contributed by atoms with Crippen LogP contribution in [0.1, 0.15) is 43.1 Å². The Balaban J connectivity index is 1.71. The van der Waals surface area contributed by atoms with Gasteiger partial charge >= 0.3 is 0 Å². The minimum Gasteiger partial charge on any atom is -0.390 e. The lowest BCUT2D eigenvalue weighted by molar-refractivity contribution is 0.242. The van der Waals surface area contributed by atoms with Crippen LogP contribution in [-0.4, -0.2) is 33.3 Å². The van der Waals surface area contributed by atoms with Crippen molar-refractivity contribution in [3.63, 3.8) is 0 Å². The third-order valence-corrected chi connectivity index (χ3v) is 3.72. The zero-order valence-corrected chi connectivity index (χ0v) is 9.52. The van der Waals surface area contributed by atoms with Gasteiger partial charge in [0.15, 0.2) is 0 Å². The maximum absolute atomic E-state index is 9.03. The van der Waals surface area contributed by atoms with Gasteiger partial charge in [-0.15, -0.1) is 0 Å². The van der Waals surface area contributed by atoms with Gasteiger partial charge in [-0.2, -0.15) is 5.10 Å². The summed E-state index contributed by atoms with van der Waals surface area (Å²) < 4.78 is 0. The quantitative estimate of drug-likeness (QED) is 0.809. The van der Waals surface area contributed by atoms with Crippen LogP contribution in [0.25, 0.3) is 0 Å². The molecule has 1 saturated heterocycles. The summed E-state index contributed by atoms with van der Waals surface area (Å²) in [6.45, 7) is 2.51. The van der Waals surface area contributed by atoms with Crippen LogP contribution in [0.4, 0.5) is 0 Å². The second kappa shape index (κ2) is 4.18. The molecule has 2 heterocycles. The number of nitrogens with one attached hydrogen (secondary N) is 1. The highest BCUT2D eigenvalue weighted by Crippen LogP contribution is 2.37. The zero-order chi connectivity index (χ0) is 11.0. The van der Waals surface area contributed by atoms with Gasteiger partial charge in [-0.3, -0.25) is 10.00 Å². The molecule has 88 valence electrons. The standard InChI is InChI=1S/C12H19N3O/c16-8-10-6-11(14-13-10)12-2-1-5-15(12)7-9-3-4-9/h6,9,12,16H,1-5,7-8H2,(H,13,14)/t12-/m1/s1. The Morgan fingerprint density at radius 1 is 1.44 bits per heavy atom. The van der Waals surface area contributed by atoms with Crippen molar-refractivity contribution >= 4 is 0 Å². The highest BCUT2D eigenvalue weighted by molar-refractivity contribution is 5.13. The Bertz CT molecular complexity index is 359. The largest absolute Gasteiger partial charge is 0.390 e. The number of rotatable bonds is 4. The fourth-order valence-corrected chi connectivity index (χ4v) is 2.64.